The van der Waals surface area contributed by atoms with Crippen molar-refractivity contribution in [2.45, 2.75) is 174 Å². The lowest BCUT2D eigenvalue weighted by molar-refractivity contribution is -0.152. The van der Waals surface area contributed by atoms with Gasteiger partial charge in [0.15, 0.2) is 0 Å². The SMILES string of the molecule is COC(=O)C1C[C@@H]2CN1C(=O)C(C1CCCCC1)NC(=O)CCCCc1cccc(c1)S(=O)(=O)N2.O=C1CCCCc2cccc(c2)S(=O)(=O)N[C@@H]2CC(C(=O)O)N(C2)C(=O)C(C2CCCCC2)N1. The topological polar surface area (TPSA) is 255 Å². The molecular weight excluding hydrogens is 929 g/mol. The van der Waals surface area contributed by atoms with Crippen LogP contribution in [0.2, 0.25) is 0 Å². The third-order valence-electron chi connectivity index (χ3n) is 14.6. The van der Waals surface area contributed by atoms with E-state index < -0.39 is 74.1 Å². The third kappa shape index (κ3) is 13.3. The molecule has 69 heavy (non-hydrogen) atoms. The van der Waals surface area contributed by atoms with Crippen LogP contribution in [0.4, 0.5) is 0 Å². The molecule has 8 rings (SSSR count). The van der Waals surface area contributed by atoms with Gasteiger partial charge in [-0.15, -0.1) is 0 Å². The number of carboxylic acids is 1. The number of esters is 1. The Hall–Kier alpha value is -4.92. The quantitative estimate of drug-likeness (QED) is 0.275. The van der Waals surface area contributed by atoms with Crippen molar-refractivity contribution < 1.29 is 55.4 Å². The van der Waals surface area contributed by atoms with Gasteiger partial charge in [-0.05, 0) is 124 Å². The predicted molar refractivity (Wildman–Crippen MR) is 253 cm³/mol. The van der Waals surface area contributed by atoms with Crippen LogP contribution in [0.25, 0.3) is 0 Å². The lowest BCUT2D eigenvalue weighted by Gasteiger charge is -2.34. The second kappa shape index (κ2) is 23.3. The summed E-state index contributed by atoms with van der Waals surface area (Å²) < 4.78 is 62.6. The molecule has 18 nitrogen and oxygen atoms in total. The largest absolute Gasteiger partial charge is 0.480 e. The fraction of sp³-hybridized carbons (Fsp3) is 0.633. The highest BCUT2D eigenvalue weighted by atomic mass is 32.2. The van der Waals surface area contributed by atoms with Crippen LogP contribution in [0.15, 0.2) is 58.3 Å². The van der Waals surface area contributed by atoms with Crippen LogP contribution in [-0.2, 0) is 66.4 Å². The number of methoxy groups -OCH3 is 1. The molecule has 2 saturated heterocycles. The fourth-order valence-electron chi connectivity index (χ4n) is 11.0. The Morgan fingerprint density at radius 3 is 1.41 bits per heavy atom. The number of aliphatic carboxylic acids is 1. The van der Waals surface area contributed by atoms with E-state index in [-0.39, 0.29) is 71.7 Å². The van der Waals surface area contributed by atoms with Gasteiger partial charge in [-0.1, -0.05) is 62.8 Å². The number of sulfonamides is 2. The predicted octanol–water partition coefficient (Wildman–Crippen LogP) is 3.71. The van der Waals surface area contributed by atoms with E-state index in [0.29, 0.717) is 38.5 Å². The van der Waals surface area contributed by atoms with Gasteiger partial charge in [0, 0.05) is 38.0 Å². The Bertz CT molecular complexity index is 2420. The summed E-state index contributed by atoms with van der Waals surface area (Å²) in [5, 5.41) is 15.7. The van der Waals surface area contributed by atoms with E-state index in [1.807, 2.05) is 12.1 Å². The van der Waals surface area contributed by atoms with Gasteiger partial charge in [-0.25, -0.2) is 35.9 Å². The lowest BCUT2D eigenvalue weighted by Crippen LogP contribution is -2.55. The van der Waals surface area contributed by atoms with Gasteiger partial charge in [0.2, 0.25) is 43.7 Å². The highest BCUT2D eigenvalue weighted by molar-refractivity contribution is 7.89. The number of aryl methyl sites for hydroxylation is 2. The van der Waals surface area contributed by atoms with Gasteiger partial charge in [-0.2, -0.15) is 0 Å². The molecule has 6 aliphatic rings. The standard InChI is InChI=1S/C25H35N3O6S.C24H33N3O6S/c1-34-25(31)21-15-19-16-28(21)24(30)23(18-10-3-2-4-11-18)26-22(29)13-6-5-8-17-9-7-12-20(14-17)35(32,33)27-19;28-21-12-5-4-7-16-8-6-11-19(13-16)34(32,33)26-18-14-20(24(30)31)27(15-18)23(29)22(25-21)17-9-2-1-3-10-17/h7,9,12,14,18-19,21,23,27H,2-6,8,10-11,13,15-16H2,1H3,(H,26,29);6,8,11,13,17-18,20,22,26H,1-5,7,9-10,12,14-15H2,(H,25,28)(H,30,31)/t19-,21?,23?;18-,20?,22?/m11/s1. The number of carbonyl (C=O) groups is 6. The first-order valence-corrected chi connectivity index (χ1v) is 27.7. The summed E-state index contributed by atoms with van der Waals surface area (Å²) in [4.78, 5) is 80.6. The molecule has 4 fully saturated rings. The summed E-state index contributed by atoms with van der Waals surface area (Å²) in [6.45, 7) is -0.00950. The van der Waals surface area contributed by atoms with Crippen LogP contribution >= 0.6 is 0 Å². The minimum atomic E-state index is -3.88. The maximum Gasteiger partial charge on any atom is 0.328 e. The maximum atomic E-state index is 13.8. The zero-order valence-electron chi connectivity index (χ0n) is 39.4. The van der Waals surface area contributed by atoms with Gasteiger partial charge >= 0.3 is 11.9 Å². The number of amides is 4. The van der Waals surface area contributed by atoms with Gasteiger partial charge < -0.3 is 30.3 Å². The molecule has 2 aromatic rings. The molecule has 4 unspecified atom stereocenters. The Morgan fingerprint density at radius 2 is 0.986 bits per heavy atom. The number of hydrogen-bond acceptors (Lipinski definition) is 11. The molecule has 2 aliphatic carbocycles. The van der Waals surface area contributed by atoms with Crippen molar-refractivity contribution in [3.63, 3.8) is 0 Å². The van der Waals surface area contributed by atoms with Gasteiger partial charge in [0.1, 0.15) is 24.2 Å². The van der Waals surface area contributed by atoms with Crippen molar-refractivity contribution in [2.75, 3.05) is 20.2 Å². The summed E-state index contributed by atoms with van der Waals surface area (Å²) in [7, 11) is -6.47. The number of nitrogens with one attached hydrogen (secondary N) is 4. The first-order chi connectivity index (χ1) is 33.0. The van der Waals surface area contributed by atoms with E-state index in [2.05, 4.69) is 20.1 Å². The van der Waals surface area contributed by atoms with Crippen LogP contribution < -0.4 is 20.1 Å². The molecule has 4 amide bonds. The van der Waals surface area contributed by atoms with Crippen LogP contribution in [0, 0.1) is 11.8 Å². The molecule has 2 saturated carbocycles. The Kier molecular flexibility index (Phi) is 17.6. The van der Waals surface area contributed by atoms with Crippen molar-refractivity contribution in [3.05, 3.63) is 59.7 Å². The molecule has 0 spiro atoms. The Balaban J connectivity index is 0.000000204. The number of nitrogens with zero attached hydrogens (tertiary/aromatic N) is 2. The van der Waals surface area contributed by atoms with E-state index in [4.69, 9.17) is 4.74 Å². The first-order valence-electron chi connectivity index (χ1n) is 24.8. The first kappa shape index (κ1) is 51.9. The smallest absolute Gasteiger partial charge is 0.328 e. The Morgan fingerprint density at radius 1 is 0.580 bits per heavy atom. The highest BCUT2D eigenvalue weighted by Crippen LogP contribution is 2.32. The minimum absolute atomic E-state index is 0.00655. The third-order valence-corrected chi connectivity index (χ3v) is 17.7. The van der Waals surface area contributed by atoms with E-state index in [0.717, 1.165) is 81.8 Å². The Labute approximate surface area is 405 Å². The van der Waals surface area contributed by atoms with Crippen LogP contribution in [-0.4, -0.2) is 124 Å². The number of ether oxygens (including phenoxy) is 1. The minimum Gasteiger partial charge on any atom is -0.480 e. The zero-order valence-corrected chi connectivity index (χ0v) is 41.1. The normalized spacial score (nSPS) is 28.7. The molecule has 4 heterocycles. The van der Waals surface area contributed by atoms with E-state index in [1.165, 1.54) is 29.0 Å². The second-order valence-corrected chi connectivity index (χ2v) is 23.0. The molecule has 0 aromatic heterocycles. The maximum absolute atomic E-state index is 13.8. The van der Waals surface area contributed by atoms with Gasteiger partial charge in [0.05, 0.1) is 16.9 Å². The number of hydrogen-bond donors (Lipinski definition) is 5. The molecule has 5 N–H and O–H groups in total. The molecule has 6 atom stereocenters. The van der Waals surface area contributed by atoms with Crippen molar-refractivity contribution in [3.8, 4) is 0 Å². The average Bonchev–Trinajstić information content (AvgIpc) is 3.97. The summed E-state index contributed by atoms with van der Waals surface area (Å²) in [6.07, 6.45) is 14.0. The van der Waals surface area contributed by atoms with Crippen LogP contribution in [0.3, 0.4) is 0 Å². The van der Waals surface area contributed by atoms with Crippen LogP contribution in [0.5, 0.6) is 0 Å². The lowest BCUT2D eigenvalue weighted by atomic mass is 9.83. The molecule has 4 aliphatic heterocycles. The number of carboxylic acid groups (broad SMARTS) is 1. The monoisotopic (exact) mass is 996 g/mol. The summed E-state index contributed by atoms with van der Waals surface area (Å²) in [5.41, 5.74) is 1.75. The van der Waals surface area contributed by atoms with Crippen molar-refractivity contribution in [2.24, 2.45) is 11.8 Å². The van der Waals surface area contributed by atoms with Crippen LogP contribution in [0.1, 0.15) is 127 Å². The summed E-state index contributed by atoms with van der Waals surface area (Å²) in [5.74, 6) is -2.95. The molecule has 0 radical (unpaired) electrons. The van der Waals surface area contributed by atoms with Crippen molar-refractivity contribution in [1.82, 2.24) is 29.9 Å². The number of fused-ring (bicyclic) bond motifs is 8. The molecule has 8 bridgehead atoms. The van der Waals surface area contributed by atoms with E-state index in [9.17, 15) is 50.7 Å². The number of benzene rings is 2. The van der Waals surface area contributed by atoms with Crippen molar-refractivity contribution in [1.29, 1.82) is 0 Å². The fourth-order valence-corrected chi connectivity index (χ4v) is 13.6. The number of carbonyl (C=O) groups excluding carboxylic acids is 5. The molecule has 2 aromatic carbocycles. The molecule has 20 heteroatoms. The molecular formula is C49H68N6O12S2. The van der Waals surface area contributed by atoms with E-state index in [1.54, 1.807) is 24.3 Å². The second-order valence-electron chi connectivity index (χ2n) is 19.6. The van der Waals surface area contributed by atoms with Gasteiger partial charge in [0.25, 0.3) is 0 Å². The van der Waals surface area contributed by atoms with Gasteiger partial charge in [-0.3, -0.25) is 19.2 Å². The molecule has 378 valence electrons. The summed E-state index contributed by atoms with van der Waals surface area (Å²) >= 11 is 0. The van der Waals surface area contributed by atoms with Crippen molar-refractivity contribution >= 4 is 55.6 Å². The average molecular weight is 997 g/mol. The number of rotatable bonds is 4. The zero-order chi connectivity index (χ0) is 49.3. The summed E-state index contributed by atoms with van der Waals surface area (Å²) in [6, 6.07) is 8.47. The highest BCUT2D eigenvalue weighted by Gasteiger charge is 2.47. The van der Waals surface area contributed by atoms with E-state index >= 15 is 0 Å².